The molecule has 9 aromatic rings. The van der Waals surface area contributed by atoms with Gasteiger partial charge < -0.3 is 17.8 Å². The van der Waals surface area contributed by atoms with Crippen LogP contribution in [0.5, 0.6) is 0 Å². The van der Waals surface area contributed by atoms with Crippen LogP contribution in [0.2, 0.25) is 0 Å². The molecule has 0 aromatic carbocycles. The average molecular weight is 925 g/mol. The van der Waals surface area contributed by atoms with Crippen molar-refractivity contribution in [1.29, 1.82) is 0 Å². The molecule has 0 fully saturated rings. The number of nitrogens with zero attached hydrogens (tertiary/aromatic N) is 12. The van der Waals surface area contributed by atoms with Gasteiger partial charge in [0.2, 0.25) is 0 Å². The van der Waals surface area contributed by atoms with Crippen molar-refractivity contribution in [3.05, 3.63) is 175 Å². The molecular formula is C48H68N12O3S2. The fourth-order valence-corrected chi connectivity index (χ4v) is 4.89. The summed E-state index contributed by atoms with van der Waals surface area (Å²) in [7, 11) is 3.84. The van der Waals surface area contributed by atoms with Crippen LogP contribution in [0.3, 0.4) is 0 Å². The van der Waals surface area contributed by atoms with Gasteiger partial charge in [-0.15, -0.1) is 22.7 Å². The third-order valence-corrected chi connectivity index (χ3v) is 11.2. The molecular weight excluding hydrogens is 857 g/mol. The number of hydrogen-bond acceptors (Lipinski definition) is 15. The summed E-state index contributed by atoms with van der Waals surface area (Å²) in [6.07, 6.45) is 15.0. The second kappa shape index (κ2) is 31.4. The molecule has 0 bridgehead atoms. The molecule has 0 unspecified atom stereocenters. The monoisotopic (exact) mass is 924 g/mol. The molecule has 9 heterocycles. The van der Waals surface area contributed by atoms with Gasteiger partial charge in [0.15, 0.2) is 12.8 Å². The minimum Gasteiger partial charge on any atom is -0.469 e. The molecule has 0 aliphatic heterocycles. The van der Waals surface area contributed by atoms with Gasteiger partial charge in [-0.2, -0.15) is 5.10 Å². The molecule has 65 heavy (non-hydrogen) atoms. The summed E-state index contributed by atoms with van der Waals surface area (Å²) in [5, 5.41) is 3.82. The molecule has 17 heteroatoms. The maximum Gasteiger partial charge on any atom is 0.181 e. The van der Waals surface area contributed by atoms with E-state index in [2.05, 4.69) is 76.8 Å². The van der Waals surface area contributed by atoms with Crippen molar-refractivity contribution >= 4 is 22.7 Å². The normalized spacial score (nSPS) is 9.38. The van der Waals surface area contributed by atoms with E-state index in [9.17, 15) is 0 Å². The highest BCUT2D eigenvalue weighted by atomic mass is 32.1. The highest BCUT2D eigenvalue weighted by Gasteiger charge is 1.93. The van der Waals surface area contributed by atoms with Gasteiger partial charge in [-0.1, -0.05) is 6.07 Å². The Bertz CT molecular complexity index is 2020. The first-order valence-electron chi connectivity index (χ1n) is 20.6. The SMILES string of the molecule is Cc1cccnc1C.Cc1ccoc1C.Cc1cncnc1C.Cc1nccn1C.Cc1ncnn1C.Cc1ncoc1C.Cc1ncoc1C.Cc1ncsc1C.Cc1ncsc1C. The summed E-state index contributed by atoms with van der Waals surface area (Å²) >= 11 is 3.39. The molecule has 0 atom stereocenters. The summed E-state index contributed by atoms with van der Waals surface area (Å²) in [6, 6.07) is 5.96. The molecule has 0 aliphatic rings. The van der Waals surface area contributed by atoms with Gasteiger partial charge in [-0.25, -0.2) is 39.9 Å². The number of thiazole rings is 2. The van der Waals surface area contributed by atoms with Gasteiger partial charge in [0, 0.05) is 60.0 Å². The lowest BCUT2D eigenvalue weighted by Gasteiger charge is -1.92. The van der Waals surface area contributed by atoms with Crippen molar-refractivity contribution in [3.63, 3.8) is 0 Å². The van der Waals surface area contributed by atoms with Crippen LogP contribution in [0.1, 0.15) is 89.5 Å². The lowest BCUT2D eigenvalue weighted by atomic mass is 10.2. The molecule has 0 N–H and O–H groups in total. The van der Waals surface area contributed by atoms with Gasteiger partial charge in [0.05, 0.1) is 40.1 Å². The number of hydrogen-bond donors (Lipinski definition) is 0. The van der Waals surface area contributed by atoms with Gasteiger partial charge in [-0.05, 0) is 140 Å². The summed E-state index contributed by atoms with van der Waals surface area (Å²) in [4.78, 5) is 38.1. The fraction of sp³-hybridized carbons (Fsp3) is 0.375. The molecule has 0 spiro atoms. The third kappa shape index (κ3) is 24.3. The smallest absolute Gasteiger partial charge is 0.181 e. The Balaban J connectivity index is 0.000000366. The van der Waals surface area contributed by atoms with E-state index in [0.29, 0.717) is 0 Å². The highest BCUT2D eigenvalue weighted by Crippen LogP contribution is 2.09. The van der Waals surface area contributed by atoms with Gasteiger partial charge >= 0.3 is 0 Å². The molecule has 350 valence electrons. The number of pyridine rings is 1. The predicted molar refractivity (Wildman–Crippen MR) is 262 cm³/mol. The first kappa shape index (κ1) is 56.6. The lowest BCUT2D eigenvalue weighted by molar-refractivity contribution is 0.525. The van der Waals surface area contributed by atoms with Crippen LogP contribution in [-0.2, 0) is 14.1 Å². The molecule has 9 aromatic heterocycles. The van der Waals surface area contributed by atoms with Crippen LogP contribution in [0, 0.1) is 111 Å². The minimum absolute atomic E-state index is 0.903. The fourth-order valence-electron chi connectivity index (χ4n) is 3.71. The van der Waals surface area contributed by atoms with Crippen molar-refractivity contribution in [2.75, 3.05) is 0 Å². The molecule has 9 rings (SSSR count). The number of furan rings is 1. The zero-order valence-electron chi connectivity index (χ0n) is 41.5. The van der Waals surface area contributed by atoms with E-state index in [1.54, 1.807) is 46.1 Å². The topological polar surface area (TPSA) is 178 Å². The number of aromatic nitrogens is 12. The van der Waals surface area contributed by atoms with Crippen LogP contribution in [0.25, 0.3) is 0 Å². The van der Waals surface area contributed by atoms with E-state index in [1.165, 1.54) is 40.0 Å². The molecule has 0 radical (unpaired) electrons. The van der Waals surface area contributed by atoms with Gasteiger partial charge in [-0.3, -0.25) is 9.67 Å². The minimum atomic E-state index is 0.903. The molecule has 0 aliphatic carbocycles. The van der Waals surface area contributed by atoms with E-state index in [0.717, 1.165) is 68.7 Å². The standard InChI is InChI=1S/C7H9N.C6H8N2.C6H8O.C5H8N2.2C5H7NO.2C5H7NS.C4H7N3/c1-6-4-3-5-8-7(6)2;1-5-3-7-4-8-6(5)2;1-5-3-4-7-6(5)2;1-5-6-3-4-7(5)2;4*1-4-5(2)7-3-6-4;1-4-5-3-6-7(4)2/h3-5H,1-2H3;3-4H,1-2H3;2*3-4H,1-2H3;5*3H,1-2H3. The van der Waals surface area contributed by atoms with Crippen molar-refractivity contribution in [3.8, 4) is 0 Å². The van der Waals surface area contributed by atoms with E-state index in [1.807, 2.05) is 150 Å². The summed E-state index contributed by atoms with van der Waals surface area (Å²) < 4.78 is 18.4. The van der Waals surface area contributed by atoms with Crippen LogP contribution < -0.4 is 0 Å². The Morgan fingerprint density at radius 1 is 0.462 bits per heavy atom. The maximum absolute atomic E-state index is 4.96. The molecule has 0 saturated carbocycles. The highest BCUT2D eigenvalue weighted by molar-refractivity contribution is 7.09. The Morgan fingerprint density at radius 2 is 1.02 bits per heavy atom. The quantitative estimate of drug-likeness (QED) is 0.140. The Hall–Kier alpha value is -6.46. The average Bonchev–Trinajstić information content (AvgIpc) is 4.19. The Labute approximate surface area is 393 Å². The second-order valence-electron chi connectivity index (χ2n) is 14.3. The predicted octanol–water partition coefficient (Wildman–Crippen LogP) is 11.6. The van der Waals surface area contributed by atoms with Crippen molar-refractivity contribution in [2.45, 2.75) is 111 Å². The number of imidazole rings is 1. The van der Waals surface area contributed by atoms with E-state index < -0.39 is 0 Å². The first-order valence-corrected chi connectivity index (χ1v) is 22.3. The largest absolute Gasteiger partial charge is 0.469 e. The summed E-state index contributed by atoms with van der Waals surface area (Å²) in [5.74, 6) is 4.82. The first-order chi connectivity index (χ1) is 30.7. The van der Waals surface area contributed by atoms with E-state index in [-0.39, 0.29) is 0 Å². The van der Waals surface area contributed by atoms with Crippen molar-refractivity contribution in [1.82, 2.24) is 59.2 Å². The molecule has 0 amide bonds. The Morgan fingerprint density at radius 3 is 1.18 bits per heavy atom. The Kier molecular flexibility index (Phi) is 27.3. The van der Waals surface area contributed by atoms with Crippen molar-refractivity contribution < 1.29 is 13.3 Å². The molecule has 0 saturated heterocycles. The van der Waals surface area contributed by atoms with Gasteiger partial charge in [0.25, 0.3) is 0 Å². The van der Waals surface area contributed by atoms with Crippen LogP contribution in [0.4, 0.5) is 0 Å². The van der Waals surface area contributed by atoms with Crippen LogP contribution >= 0.6 is 22.7 Å². The van der Waals surface area contributed by atoms with E-state index in [4.69, 9.17) is 13.3 Å². The number of aryl methyl sites for hydroxylation is 18. The zero-order chi connectivity index (χ0) is 48.9. The number of rotatable bonds is 0. The van der Waals surface area contributed by atoms with E-state index >= 15 is 0 Å². The van der Waals surface area contributed by atoms with Crippen LogP contribution in [-0.4, -0.2) is 59.2 Å². The number of oxazole rings is 2. The van der Waals surface area contributed by atoms with Gasteiger partial charge in [0.1, 0.15) is 41.6 Å². The maximum atomic E-state index is 4.96. The summed E-state index contributed by atoms with van der Waals surface area (Å²) in [6.45, 7) is 31.7. The second-order valence-corrected chi connectivity index (χ2v) is 16.5. The van der Waals surface area contributed by atoms with Crippen LogP contribution in [0.15, 0.2) is 99.0 Å². The molecule has 15 nitrogen and oxygen atoms in total. The summed E-state index contributed by atoms with van der Waals surface area (Å²) in [5.41, 5.74) is 13.8. The zero-order valence-corrected chi connectivity index (χ0v) is 43.1. The third-order valence-electron chi connectivity index (χ3n) is 9.49. The van der Waals surface area contributed by atoms with Crippen molar-refractivity contribution in [2.24, 2.45) is 14.1 Å². The lowest BCUT2D eigenvalue weighted by Crippen LogP contribution is -1.91.